The number of rotatable bonds is 1. The van der Waals surface area contributed by atoms with Gasteiger partial charge in [0.25, 0.3) is 0 Å². The van der Waals surface area contributed by atoms with Crippen molar-refractivity contribution >= 4 is 5.82 Å². The van der Waals surface area contributed by atoms with E-state index in [2.05, 4.69) is 28.1 Å². The summed E-state index contributed by atoms with van der Waals surface area (Å²) in [6.45, 7) is 2.06. The maximum Gasteiger partial charge on any atom is 0.128 e. The Morgan fingerprint density at radius 3 is 3.08 bits per heavy atom. The molecule has 61 valence electrons. The van der Waals surface area contributed by atoms with E-state index in [1.807, 2.05) is 12.1 Å². The molecule has 2 rings (SSSR count). The summed E-state index contributed by atoms with van der Waals surface area (Å²) in [6, 6.07) is 6.82. The van der Waals surface area contributed by atoms with Crippen LogP contribution >= 0.6 is 0 Å². The molecule has 2 heterocycles. The van der Waals surface area contributed by atoms with Gasteiger partial charge in [0, 0.05) is 25.4 Å². The molecule has 1 aromatic heterocycles. The van der Waals surface area contributed by atoms with Gasteiger partial charge in [-0.15, -0.1) is 0 Å². The minimum atomic E-state index is 0.983. The molecule has 0 amide bonds. The molecular formula is C10H11N2. The first-order chi connectivity index (χ1) is 5.97. The third kappa shape index (κ3) is 1.47. The van der Waals surface area contributed by atoms with Crippen molar-refractivity contribution in [3.05, 3.63) is 36.5 Å². The van der Waals surface area contributed by atoms with E-state index in [-0.39, 0.29) is 0 Å². The molecule has 0 spiro atoms. The SMILES string of the molecule is [c]1ccc(N2CC=CCC2)nc1. The molecule has 0 bridgehead atoms. The molecule has 12 heavy (non-hydrogen) atoms. The molecule has 0 unspecified atom stereocenters. The standard InChI is InChI=1S/C10H11N2/c1-4-8-12(9-5-1)10-6-2-3-7-11-10/h1-2,4,6-7H,5,8-9H2. The third-order valence-corrected chi connectivity index (χ3v) is 1.98. The first kappa shape index (κ1) is 7.35. The summed E-state index contributed by atoms with van der Waals surface area (Å²) >= 11 is 0. The maximum atomic E-state index is 4.24. The van der Waals surface area contributed by atoms with Gasteiger partial charge in [-0.1, -0.05) is 12.2 Å². The number of pyridine rings is 1. The van der Waals surface area contributed by atoms with Crippen LogP contribution in [0.4, 0.5) is 5.82 Å². The lowest BCUT2D eigenvalue weighted by atomic mass is 10.2. The molecule has 1 aliphatic rings. The Kier molecular flexibility index (Phi) is 2.08. The fraction of sp³-hybridized carbons (Fsp3) is 0.300. The van der Waals surface area contributed by atoms with Gasteiger partial charge in [-0.05, 0) is 18.6 Å². The zero-order valence-corrected chi connectivity index (χ0v) is 6.90. The summed E-state index contributed by atoms with van der Waals surface area (Å²) in [5, 5.41) is 0. The quantitative estimate of drug-likeness (QED) is 0.579. The lowest BCUT2D eigenvalue weighted by molar-refractivity contribution is 0.806. The molecule has 1 radical (unpaired) electrons. The predicted molar refractivity (Wildman–Crippen MR) is 49.0 cm³/mol. The number of aromatic nitrogens is 1. The van der Waals surface area contributed by atoms with Gasteiger partial charge in [0.05, 0.1) is 0 Å². The lowest BCUT2D eigenvalue weighted by Crippen LogP contribution is -2.27. The molecule has 0 saturated heterocycles. The van der Waals surface area contributed by atoms with Crippen LogP contribution < -0.4 is 4.90 Å². The first-order valence-electron chi connectivity index (χ1n) is 4.19. The van der Waals surface area contributed by atoms with Crippen molar-refractivity contribution in [2.45, 2.75) is 6.42 Å². The summed E-state index contributed by atoms with van der Waals surface area (Å²) in [7, 11) is 0. The molecule has 2 heteroatoms. The highest BCUT2D eigenvalue weighted by molar-refractivity contribution is 5.39. The molecule has 0 aromatic carbocycles. The number of nitrogens with zero attached hydrogens (tertiary/aromatic N) is 2. The van der Waals surface area contributed by atoms with E-state index in [1.165, 1.54) is 0 Å². The van der Waals surface area contributed by atoms with E-state index in [0.717, 1.165) is 25.3 Å². The van der Waals surface area contributed by atoms with Gasteiger partial charge in [0.15, 0.2) is 0 Å². The van der Waals surface area contributed by atoms with Crippen LogP contribution in [0.1, 0.15) is 6.42 Å². The van der Waals surface area contributed by atoms with Crippen LogP contribution in [0.3, 0.4) is 0 Å². The van der Waals surface area contributed by atoms with Crippen LogP contribution in [-0.2, 0) is 0 Å². The van der Waals surface area contributed by atoms with E-state index < -0.39 is 0 Å². The van der Waals surface area contributed by atoms with Crippen LogP contribution in [0.15, 0.2) is 30.5 Å². The monoisotopic (exact) mass is 159 g/mol. The zero-order valence-electron chi connectivity index (χ0n) is 6.90. The number of anilines is 1. The fourth-order valence-corrected chi connectivity index (χ4v) is 1.35. The van der Waals surface area contributed by atoms with Gasteiger partial charge in [-0.25, -0.2) is 4.98 Å². The van der Waals surface area contributed by atoms with Crippen molar-refractivity contribution in [1.29, 1.82) is 0 Å². The Hall–Kier alpha value is -1.31. The summed E-state index contributed by atoms with van der Waals surface area (Å²) in [6.07, 6.45) is 7.24. The number of hydrogen-bond acceptors (Lipinski definition) is 2. The minimum Gasteiger partial charge on any atom is -0.353 e. The predicted octanol–water partition coefficient (Wildman–Crippen LogP) is 1.65. The van der Waals surface area contributed by atoms with E-state index in [0.29, 0.717) is 0 Å². The Morgan fingerprint density at radius 1 is 1.42 bits per heavy atom. The third-order valence-electron chi connectivity index (χ3n) is 1.98. The van der Waals surface area contributed by atoms with E-state index in [4.69, 9.17) is 0 Å². The highest BCUT2D eigenvalue weighted by Gasteiger charge is 2.06. The maximum absolute atomic E-state index is 4.24. The Bertz CT molecular complexity index is 266. The second-order valence-corrected chi connectivity index (χ2v) is 2.82. The Morgan fingerprint density at radius 2 is 2.42 bits per heavy atom. The van der Waals surface area contributed by atoms with Gasteiger partial charge in [0.1, 0.15) is 5.82 Å². The first-order valence-corrected chi connectivity index (χ1v) is 4.19. The highest BCUT2D eigenvalue weighted by Crippen LogP contribution is 2.11. The Labute approximate surface area is 72.5 Å². The summed E-state index contributed by atoms with van der Waals surface area (Å²) < 4.78 is 0. The molecule has 0 atom stereocenters. The van der Waals surface area contributed by atoms with Crippen molar-refractivity contribution in [2.24, 2.45) is 0 Å². The van der Waals surface area contributed by atoms with Crippen LogP contribution in [0.25, 0.3) is 0 Å². The average molecular weight is 159 g/mol. The van der Waals surface area contributed by atoms with Gasteiger partial charge in [0.2, 0.25) is 0 Å². The van der Waals surface area contributed by atoms with Crippen LogP contribution in [0, 0.1) is 6.07 Å². The van der Waals surface area contributed by atoms with Crippen molar-refractivity contribution in [2.75, 3.05) is 18.0 Å². The van der Waals surface area contributed by atoms with Crippen molar-refractivity contribution < 1.29 is 0 Å². The van der Waals surface area contributed by atoms with Gasteiger partial charge in [-0.2, -0.15) is 0 Å². The molecule has 0 fully saturated rings. The summed E-state index contributed by atoms with van der Waals surface area (Å²) in [4.78, 5) is 6.50. The second kappa shape index (κ2) is 3.39. The number of hydrogen-bond donors (Lipinski definition) is 0. The fourth-order valence-electron chi connectivity index (χ4n) is 1.35. The molecule has 1 aliphatic heterocycles. The van der Waals surface area contributed by atoms with E-state index in [1.54, 1.807) is 6.20 Å². The van der Waals surface area contributed by atoms with Gasteiger partial charge >= 0.3 is 0 Å². The van der Waals surface area contributed by atoms with Crippen LogP contribution in [-0.4, -0.2) is 18.1 Å². The van der Waals surface area contributed by atoms with Crippen molar-refractivity contribution in [3.63, 3.8) is 0 Å². The van der Waals surface area contributed by atoms with E-state index >= 15 is 0 Å². The van der Waals surface area contributed by atoms with Crippen molar-refractivity contribution in [1.82, 2.24) is 4.98 Å². The molecule has 0 N–H and O–H groups in total. The molecule has 1 aromatic rings. The van der Waals surface area contributed by atoms with Gasteiger partial charge in [-0.3, -0.25) is 0 Å². The minimum absolute atomic E-state index is 0.983. The summed E-state index contributed by atoms with van der Waals surface area (Å²) in [5.41, 5.74) is 0. The highest BCUT2D eigenvalue weighted by atomic mass is 15.2. The van der Waals surface area contributed by atoms with Crippen LogP contribution in [0.2, 0.25) is 0 Å². The average Bonchev–Trinajstić information content (AvgIpc) is 2.21. The zero-order chi connectivity index (χ0) is 8.23. The summed E-state index contributed by atoms with van der Waals surface area (Å²) in [5.74, 6) is 1.05. The van der Waals surface area contributed by atoms with Crippen molar-refractivity contribution in [3.8, 4) is 0 Å². The molecule has 0 aliphatic carbocycles. The van der Waals surface area contributed by atoms with E-state index in [9.17, 15) is 0 Å². The molecular weight excluding hydrogens is 148 g/mol. The van der Waals surface area contributed by atoms with Gasteiger partial charge < -0.3 is 4.90 Å². The topological polar surface area (TPSA) is 16.1 Å². The molecule has 0 saturated carbocycles. The van der Waals surface area contributed by atoms with Crippen LogP contribution in [0.5, 0.6) is 0 Å². The smallest absolute Gasteiger partial charge is 0.128 e. The normalized spacial score (nSPS) is 16.5. The largest absolute Gasteiger partial charge is 0.353 e. The Balaban J connectivity index is 2.15. The second-order valence-electron chi connectivity index (χ2n) is 2.82. The lowest BCUT2D eigenvalue weighted by Gasteiger charge is -2.23. The molecule has 2 nitrogen and oxygen atoms in total.